The molecule has 0 atom stereocenters. The highest BCUT2D eigenvalue weighted by Gasteiger charge is 2.07. The van der Waals surface area contributed by atoms with Crippen LogP contribution in [0.25, 0.3) is 0 Å². The summed E-state index contributed by atoms with van der Waals surface area (Å²) < 4.78 is 0. The van der Waals surface area contributed by atoms with Crippen molar-refractivity contribution < 1.29 is 5.11 Å². The van der Waals surface area contributed by atoms with Gasteiger partial charge in [-0.15, -0.1) is 0 Å². The summed E-state index contributed by atoms with van der Waals surface area (Å²) in [4.78, 5) is 2.30. The first kappa shape index (κ1) is 12.8. The summed E-state index contributed by atoms with van der Waals surface area (Å²) in [6.45, 7) is 4.41. The van der Waals surface area contributed by atoms with Gasteiger partial charge in [-0.05, 0) is 31.4 Å². The van der Waals surface area contributed by atoms with Crippen LogP contribution < -0.4 is 10.6 Å². The van der Waals surface area contributed by atoms with Crippen LogP contribution in [-0.2, 0) is 0 Å². The Morgan fingerprint density at radius 1 is 1.19 bits per heavy atom. The van der Waals surface area contributed by atoms with E-state index in [-0.39, 0.29) is 6.61 Å². The van der Waals surface area contributed by atoms with E-state index in [1.54, 1.807) is 0 Å². The lowest BCUT2D eigenvalue weighted by atomic mass is 10.2. The lowest BCUT2D eigenvalue weighted by Crippen LogP contribution is -2.26. The smallest absolute Gasteiger partial charge is 0.0599 e. The van der Waals surface area contributed by atoms with Crippen molar-refractivity contribution in [2.24, 2.45) is 0 Å². The van der Waals surface area contributed by atoms with Gasteiger partial charge in [0.15, 0.2) is 0 Å². The molecule has 0 aliphatic rings. The molecular weight excluding hydrogens is 200 g/mol. The fraction of sp³-hybridized carbons (Fsp3) is 0.538. The number of hydrogen-bond donors (Lipinski definition) is 2. The van der Waals surface area contributed by atoms with E-state index in [1.807, 2.05) is 18.2 Å². The molecule has 90 valence electrons. The van der Waals surface area contributed by atoms with Crippen molar-refractivity contribution >= 4 is 11.4 Å². The first-order valence-corrected chi connectivity index (χ1v) is 6.00. The summed E-state index contributed by atoms with van der Waals surface area (Å²) >= 11 is 0. The average Bonchev–Trinajstić information content (AvgIpc) is 2.29. The maximum atomic E-state index is 8.79. The molecule has 1 aromatic rings. The predicted molar refractivity (Wildman–Crippen MR) is 69.7 cm³/mol. The molecule has 0 aliphatic heterocycles. The van der Waals surface area contributed by atoms with Crippen molar-refractivity contribution in [2.75, 3.05) is 30.3 Å². The lowest BCUT2D eigenvalue weighted by molar-refractivity contribution is 0.285. The zero-order valence-electron chi connectivity index (χ0n) is 10.0. The average molecular weight is 222 g/mol. The van der Waals surface area contributed by atoms with Gasteiger partial charge in [0.1, 0.15) is 0 Å². The van der Waals surface area contributed by atoms with Crippen LogP contribution in [0.2, 0.25) is 0 Å². The second-order valence-electron chi connectivity index (χ2n) is 3.98. The highest BCUT2D eigenvalue weighted by Crippen LogP contribution is 2.22. The second-order valence-corrected chi connectivity index (χ2v) is 3.98. The van der Waals surface area contributed by atoms with E-state index in [4.69, 9.17) is 10.8 Å². The molecule has 0 spiro atoms. The van der Waals surface area contributed by atoms with E-state index < -0.39 is 0 Å². The number of rotatable bonds is 7. The highest BCUT2D eigenvalue weighted by molar-refractivity contribution is 5.67. The van der Waals surface area contributed by atoms with Crippen molar-refractivity contribution in [1.29, 1.82) is 0 Å². The molecule has 1 rings (SSSR count). The third-order valence-corrected chi connectivity index (χ3v) is 2.61. The summed E-state index contributed by atoms with van der Waals surface area (Å²) in [5.41, 5.74) is 7.91. The van der Waals surface area contributed by atoms with Gasteiger partial charge in [0.25, 0.3) is 0 Å². The molecule has 0 amide bonds. The van der Waals surface area contributed by atoms with E-state index >= 15 is 0 Å². The number of aliphatic hydroxyl groups excluding tert-OH is 1. The Morgan fingerprint density at radius 3 is 2.56 bits per heavy atom. The van der Waals surface area contributed by atoms with Gasteiger partial charge in [-0.1, -0.05) is 19.1 Å². The number of nitrogens with zero attached hydrogens (tertiary/aromatic N) is 1. The van der Waals surface area contributed by atoms with Crippen LogP contribution in [-0.4, -0.2) is 24.8 Å². The fourth-order valence-electron chi connectivity index (χ4n) is 1.81. The van der Waals surface area contributed by atoms with Crippen molar-refractivity contribution in [2.45, 2.75) is 26.2 Å². The molecule has 0 radical (unpaired) electrons. The maximum absolute atomic E-state index is 8.79. The van der Waals surface area contributed by atoms with E-state index in [2.05, 4.69) is 17.9 Å². The fourth-order valence-corrected chi connectivity index (χ4v) is 1.81. The van der Waals surface area contributed by atoms with Crippen LogP contribution >= 0.6 is 0 Å². The molecule has 0 heterocycles. The third kappa shape index (κ3) is 3.74. The molecule has 0 aliphatic carbocycles. The molecule has 3 heteroatoms. The first-order valence-electron chi connectivity index (χ1n) is 6.00. The number of benzene rings is 1. The maximum Gasteiger partial charge on any atom is 0.0599 e. The monoisotopic (exact) mass is 222 g/mol. The van der Waals surface area contributed by atoms with Crippen LogP contribution in [0.15, 0.2) is 24.3 Å². The number of unbranched alkanes of at least 4 members (excludes halogenated alkanes) is 1. The second kappa shape index (κ2) is 7.12. The van der Waals surface area contributed by atoms with Crippen LogP contribution in [0.1, 0.15) is 26.2 Å². The van der Waals surface area contributed by atoms with Crippen LogP contribution in [0.5, 0.6) is 0 Å². The Hall–Kier alpha value is -1.22. The van der Waals surface area contributed by atoms with Gasteiger partial charge in [0.05, 0.1) is 11.4 Å². The normalized spacial score (nSPS) is 10.4. The SMILES string of the molecule is CCCN(CCCCO)c1ccccc1N. The molecule has 0 unspecified atom stereocenters. The molecule has 3 N–H and O–H groups in total. The number of nitrogen functional groups attached to an aromatic ring is 1. The quantitative estimate of drug-likeness (QED) is 0.549. The minimum atomic E-state index is 0.268. The Kier molecular flexibility index (Phi) is 5.72. The van der Waals surface area contributed by atoms with Gasteiger partial charge < -0.3 is 15.7 Å². The molecule has 16 heavy (non-hydrogen) atoms. The molecule has 3 nitrogen and oxygen atoms in total. The standard InChI is InChI=1S/C13H22N2O/c1-2-9-15(10-5-6-11-16)13-8-4-3-7-12(13)14/h3-4,7-8,16H,2,5-6,9-11,14H2,1H3. The molecular formula is C13H22N2O. The zero-order chi connectivity index (χ0) is 11.8. The molecule has 0 bridgehead atoms. The number of para-hydroxylation sites is 2. The summed E-state index contributed by atoms with van der Waals surface area (Å²) in [7, 11) is 0. The molecule has 0 saturated heterocycles. The van der Waals surface area contributed by atoms with Crippen LogP contribution in [0, 0.1) is 0 Å². The predicted octanol–water partition coefficient (Wildman–Crippen LogP) is 2.26. The molecule has 1 aromatic carbocycles. The van der Waals surface area contributed by atoms with Gasteiger partial charge in [-0.2, -0.15) is 0 Å². The lowest BCUT2D eigenvalue weighted by Gasteiger charge is -2.25. The number of hydrogen-bond acceptors (Lipinski definition) is 3. The number of aliphatic hydroxyl groups is 1. The van der Waals surface area contributed by atoms with Gasteiger partial charge in [-0.25, -0.2) is 0 Å². The van der Waals surface area contributed by atoms with Gasteiger partial charge in [0, 0.05) is 19.7 Å². The summed E-state index contributed by atoms with van der Waals surface area (Å²) in [5, 5.41) is 8.79. The van der Waals surface area contributed by atoms with Crippen molar-refractivity contribution in [3.63, 3.8) is 0 Å². The van der Waals surface area contributed by atoms with Crippen molar-refractivity contribution in [3.8, 4) is 0 Å². The topological polar surface area (TPSA) is 49.5 Å². The minimum Gasteiger partial charge on any atom is -0.397 e. The zero-order valence-corrected chi connectivity index (χ0v) is 10.0. The first-order chi connectivity index (χ1) is 7.79. The summed E-state index contributed by atoms with van der Waals surface area (Å²) in [6.07, 6.45) is 2.96. The largest absolute Gasteiger partial charge is 0.397 e. The molecule has 0 fully saturated rings. The highest BCUT2D eigenvalue weighted by atomic mass is 16.2. The van der Waals surface area contributed by atoms with E-state index in [0.717, 1.165) is 43.7 Å². The van der Waals surface area contributed by atoms with Crippen LogP contribution in [0.4, 0.5) is 11.4 Å². The third-order valence-electron chi connectivity index (χ3n) is 2.61. The summed E-state index contributed by atoms with van der Waals surface area (Å²) in [6, 6.07) is 7.96. The Labute approximate surface area is 97.9 Å². The van der Waals surface area contributed by atoms with E-state index in [9.17, 15) is 0 Å². The van der Waals surface area contributed by atoms with Crippen LogP contribution in [0.3, 0.4) is 0 Å². The van der Waals surface area contributed by atoms with E-state index in [0.29, 0.717) is 0 Å². The summed E-state index contributed by atoms with van der Waals surface area (Å²) in [5.74, 6) is 0. The minimum absolute atomic E-state index is 0.268. The Bertz CT molecular complexity index is 302. The number of anilines is 2. The molecule has 0 saturated carbocycles. The number of nitrogens with two attached hydrogens (primary N) is 1. The van der Waals surface area contributed by atoms with Gasteiger partial charge in [-0.3, -0.25) is 0 Å². The molecule has 0 aromatic heterocycles. The van der Waals surface area contributed by atoms with Crippen molar-refractivity contribution in [3.05, 3.63) is 24.3 Å². The Balaban J connectivity index is 2.65. The van der Waals surface area contributed by atoms with Gasteiger partial charge in [0.2, 0.25) is 0 Å². The van der Waals surface area contributed by atoms with Gasteiger partial charge >= 0.3 is 0 Å². The van der Waals surface area contributed by atoms with E-state index in [1.165, 1.54) is 0 Å². The van der Waals surface area contributed by atoms with Crippen molar-refractivity contribution in [1.82, 2.24) is 0 Å². The Morgan fingerprint density at radius 2 is 1.94 bits per heavy atom.